The molecule has 62 heavy (non-hydrogen) atoms. The third-order valence-electron chi connectivity index (χ3n) is 20.2. The molecule has 0 aromatic carbocycles. The Morgan fingerprint density at radius 1 is 0.935 bits per heavy atom. The summed E-state index contributed by atoms with van der Waals surface area (Å²) in [6.45, 7) is 9.86. The number of fused-ring (bicyclic) bond motifs is 9. The average molecular weight is 886 g/mol. The predicted molar refractivity (Wildman–Crippen MR) is 245 cm³/mol. The molecule has 1 aliphatic heterocycles. The molecule has 8 N–H and O–H groups in total. The lowest BCUT2D eigenvalue weighted by Gasteiger charge is -2.66. The number of aliphatic hydroxyl groups excluding tert-OH is 3. The Kier molecular flexibility index (Phi) is 10.3. The molecule has 9 aliphatic carbocycles. The third-order valence-corrected chi connectivity index (χ3v) is 22.8. The zero-order chi connectivity index (χ0) is 43.2. The minimum atomic E-state index is -1.33. The van der Waals surface area contributed by atoms with Gasteiger partial charge in [0.15, 0.2) is 11.7 Å². The van der Waals surface area contributed by atoms with Gasteiger partial charge in [0.05, 0.1) is 30.2 Å². The van der Waals surface area contributed by atoms with Crippen LogP contribution in [0.1, 0.15) is 117 Å². The van der Waals surface area contributed by atoms with Gasteiger partial charge in [-0.05, 0) is 141 Å². The summed E-state index contributed by atoms with van der Waals surface area (Å²) in [5, 5.41) is 50.8. The van der Waals surface area contributed by atoms with E-state index < -0.39 is 40.7 Å². The van der Waals surface area contributed by atoms with Crippen LogP contribution in [0.5, 0.6) is 0 Å². The molecule has 10 nitrogen and oxygen atoms in total. The fourth-order valence-corrected chi connectivity index (χ4v) is 20.9. The van der Waals surface area contributed by atoms with Crippen molar-refractivity contribution < 1.29 is 25.2 Å². The SMILES string of the molecule is CC1(C)C[C@@H](n2ccnc2)CSSC[C@@H]2C[C@@H]3[C@H]4[C@H](O)[C@@H]5C6=C(CCC[C@@H]6[C@H]4CC[C@@H]4[C@@H](CN=C(N)N)[C@H]6C(=CC(=O)[C@@H]7C[C@@H](O)[C@@H](O)C[C@]67C)[C@@]2(O)[C@]43C)[C@H]2CCCCC2=C51. The standard InChI is InChI=1S/C50H71N5O5S2/c1-47(2)19-26(55-15-14-53-24-55)23-62-61-22-25-16-35-41-30(29-11-7-10-28-27-8-5-6-9-31(27)44(47)42(40(28)29)45(41)59)12-13-33-32(21-54-46(51)52)43-36(50(25,60)49(33,35)4)18-37(56)34-17-38(57)39(58)20-48(34,43)3/h14-15,18,24-27,29-30,32-35,38-39,41-43,45,57-60H,5-13,16-17,19-23H2,1-4H3,(H4,51,52,54)/t25-,26+,27+,29+,30+,32+,33+,34-,35+,38+,39-,41-,42+,43-,45-,48-,49+,50+/m0/s1. The molecule has 0 spiro atoms. The summed E-state index contributed by atoms with van der Waals surface area (Å²) < 4.78 is 2.31. The van der Waals surface area contributed by atoms with E-state index in [0.29, 0.717) is 24.3 Å². The fourth-order valence-electron chi connectivity index (χ4n) is 18.2. The molecule has 1 aromatic rings. The number of aliphatic imine (C=N–C) groups is 1. The minimum Gasteiger partial charge on any atom is -0.392 e. The number of guanidine groups is 1. The topological polar surface area (TPSA) is 180 Å². The Morgan fingerprint density at radius 2 is 1.73 bits per heavy atom. The van der Waals surface area contributed by atoms with Crippen LogP contribution in [0.4, 0.5) is 0 Å². The highest BCUT2D eigenvalue weighted by Crippen LogP contribution is 2.77. The number of nitrogens with zero attached hydrogens (tertiary/aromatic N) is 3. The van der Waals surface area contributed by atoms with Gasteiger partial charge in [-0.3, -0.25) is 9.79 Å². The lowest BCUT2D eigenvalue weighted by atomic mass is 9.39. The number of imidazole rings is 1. The summed E-state index contributed by atoms with van der Waals surface area (Å²) in [6.07, 6.45) is 17.7. The van der Waals surface area contributed by atoms with Gasteiger partial charge in [-0.1, -0.05) is 78.0 Å². The van der Waals surface area contributed by atoms with Gasteiger partial charge in [0.1, 0.15) is 0 Å². The first-order valence-corrected chi connectivity index (χ1v) is 26.9. The molecular formula is C50H71N5O5S2. The van der Waals surface area contributed by atoms with E-state index in [1.807, 2.05) is 40.2 Å². The highest BCUT2D eigenvalue weighted by molar-refractivity contribution is 8.76. The minimum absolute atomic E-state index is 0.00800. The van der Waals surface area contributed by atoms with Crippen LogP contribution in [0.15, 0.2) is 57.7 Å². The molecule has 11 rings (SSSR count). The van der Waals surface area contributed by atoms with Crippen molar-refractivity contribution in [1.29, 1.82) is 0 Å². The zero-order valence-corrected chi connectivity index (χ0v) is 38.9. The first-order valence-electron chi connectivity index (χ1n) is 24.4. The van der Waals surface area contributed by atoms with E-state index in [4.69, 9.17) is 16.5 Å². The number of aromatic nitrogens is 2. The van der Waals surface area contributed by atoms with Gasteiger partial charge in [0.2, 0.25) is 0 Å². The van der Waals surface area contributed by atoms with E-state index in [1.165, 1.54) is 25.7 Å². The summed E-state index contributed by atoms with van der Waals surface area (Å²) in [6, 6.07) is 0.205. The zero-order valence-electron chi connectivity index (χ0n) is 37.3. The number of carbonyl (C=O) groups is 1. The van der Waals surface area contributed by atoms with Crippen LogP contribution in [0.3, 0.4) is 0 Å². The largest absolute Gasteiger partial charge is 0.392 e. The van der Waals surface area contributed by atoms with Crippen LogP contribution < -0.4 is 11.5 Å². The molecule has 1 saturated heterocycles. The molecule has 4 bridgehead atoms. The molecule has 0 radical (unpaired) electrons. The molecule has 6 saturated carbocycles. The monoisotopic (exact) mass is 885 g/mol. The predicted octanol–water partition coefficient (Wildman–Crippen LogP) is 7.01. The van der Waals surface area contributed by atoms with Crippen molar-refractivity contribution >= 4 is 33.3 Å². The van der Waals surface area contributed by atoms with E-state index in [9.17, 15) is 25.2 Å². The smallest absolute Gasteiger partial charge is 0.185 e. The Bertz CT molecular complexity index is 2110. The second-order valence-electron chi connectivity index (χ2n) is 23.1. The van der Waals surface area contributed by atoms with Crippen molar-refractivity contribution in [2.24, 2.45) is 97.8 Å². The molecule has 0 unspecified atom stereocenters. The molecule has 338 valence electrons. The van der Waals surface area contributed by atoms with Crippen LogP contribution in [0, 0.1) is 81.3 Å². The Balaban J connectivity index is 1.14. The van der Waals surface area contributed by atoms with Gasteiger partial charge < -0.3 is 36.5 Å². The second kappa shape index (κ2) is 15.0. The molecule has 1 aromatic heterocycles. The lowest BCUT2D eigenvalue weighted by molar-refractivity contribution is -0.191. The van der Waals surface area contributed by atoms with Gasteiger partial charge in [-0.2, -0.15) is 0 Å². The van der Waals surface area contributed by atoms with Crippen LogP contribution in [0.25, 0.3) is 0 Å². The molecule has 10 aliphatic rings. The van der Waals surface area contributed by atoms with E-state index >= 15 is 0 Å². The van der Waals surface area contributed by atoms with Gasteiger partial charge >= 0.3 is 0 Å². The van der Waals surface area contributed by atoms with E-state index in [-0.39, 0.29) is 77.5 Å². The molecule has 0 amide bonds. The van der Waals surface area contributed by atoms with E-state index in [2.05, 4.69) is 43.4 Å². The summed E-state index contributed by atoms with van der Waals surface area (Å²) in [4.78, 5) is 24.0. The number of aliphatic hydroxyl groups is 4. The average Bonchev–Trinajstić information content (AvgIpc) is 3.82. The second-order valence-corrected chi connectivity index (χ2v) is 25.6. The lowest BCUT2D eigenvalue weighted by Crippen LogP contribution is -2.68. The molecule has 2 heterocycles. The quantitative estimate of drug-likeness (QED) is 0.0801. The molecule has 12 heteroatoms. The van der Waals surface area contributed by atoms with Crippen molar-refractivity contribution in [2.75, 3.05) is 18.1 Å². The first-order chi connectivity index (χ1) is 29.6. The van der Waals surface area contributed by atoms with Crippen molar-refractivity contribution in [3.8, 4) is 0 Å². The number of nitrogens with two attached hydrogens (primary N) is 2. The third kappa shape index (κ3) is 5.79. The van der Waals surface area contributed by atoms with E-state index in [1.54, 1.807) is 22.3 Å². The van der Waals surface area contributed by atoms with Gasteiger partial charge in [-0.25, -0.2) is 4.98 Å². The summed E-state index contributed by atoms with van der Waals surface area (Å²) >= 11 is 0. The van der Waals surface area contributed by atoms with Gasteiger partial charge in [-0.15, -0.1) is 0 Å². The summed E-state index contributed by atoms with van der Waals surface area (Å²) in [7, 11) is 3.77. The summed E-state index contributed by atoms with van der Waals surface area (Å²) in [5.74, 6) is 1.82. The van der Waals surface area contributed by atoms with Crippen LogP contribution >= 0.6 is 21.6 Å². The normalized spacial score (nSPS) is 49.2. The van der Waals surface area contributed by atoms with Crippen LogP contribution in [-0.2, 0) is 4.79 Å². The highest BCUT2D eigenvalue weighted by atomic mass is 33.1. The maximum Gasteiger partial charge on any atom is 0.185 e. The Hall–Kier alpha value is -2.09. The number of hydrogen-bond acceptors (Lipinski definition) is 9. The summed E-state index contributed by atoms with van der Waals surface area (Å²) in [5.41, 5.74) is 16.8. The fraction of sp³-hybridized carbons (Fsp3) is 0.780. The molecular weight excluding hydrogens is 815 g/mol. The number of ketones is 1. The van der Waals surface area contributed by atoms with Crippen molar-refractivity contribution in [2.45, 2.75) is 141 Å². The highest BCUT2D eigenvalue weighted by Gasteiger charge is 2.77. The van der Waals surface area contributed by atoms with Crippen molar-refractivity contribution in [1.82, 2.24) is 9.55 Å². The van der Waals surface area contributed by atoms with Crippen LogP contribution in [-0.4, -0.2) is 83.7 Å². The van der Waals surface area contributed by atoms with Crippen LogP contribution in [0.2, 0.25) is 0 Å². The number of hydrogen-bond donors (Lipinski definition) is 6. The van der Waals surface area contributed by atoms with Gasteiger partial charge in [0.25, 0.3) is 0 Å². The number of carbonyl (C=O) groups excluding carboxylic acids is 1. The van der Waals surface area contributed by atoms with Crippen molar-refractivity contribution in [3.05, 3.63) is 52.7 Å². The first kappa shape index (κ1) is 42.5. The molecule has 18 atom stereocenters. The number of rotatable bonds is 3. The number of allylic oxidation sites excluding steroid dienone is 3. The van der Waals surface area contributed by atoms with Crippen molar-refractivity contribution in [3.63, 3.8) is 0 Å². The Labute approximate surface area is 376 Å². The maximum atomic E-state index is 14.7. The maximum absolute atomic E-state index is 14.7. The Morgan fingerprint density at radius 3 is 2.50 bits per heavy atom. The van der Waals surface area contributed by atoms with E-state index in [0.717, 1.165) is 62.0 Å². The van der Waals surface area contributed by atoms with Gasteiger partial charge in [0, 0.05) is 65.6 Å². The molecule has 7 fully saturated rings.